The van der Waals surface area contributed by atoms with Gasteiger partial charge in [0.2, 0.25) is 5.91 Å². The Morgan fingerprint density at radius 3 is 2.58 bits per heavy atom. The SMILES string of the molecule is Cc1ccc(-n2cnc3cc(C(N)=O)ccc32)cc1. The number of hydrogen-bond acceptors (Lipinski definition) is 2. The van der Waals surface area contributed by atoms with Crippen LogP contribution in [-0.4, -0.2) is 15.5 Å². The highest BCUT2D eigenvalue weighted by atomic mass is 16.1. The van der Waals surface area contributed by atoms with Crippen LogP contribution in [0.25, 0.3) is 16.7 Å². The predicted molar refractivity (Wildman–Crippen MR) is 74.3 cm³/mol. The molecule has 0 spiro atoms. The van der Waals surface area contributed by atoms with Crippen LogP contribution in [-0.2, 0) is 0 Å². The molecule has 0 saturated carbocycles. The monoisotopic (exact) mass is 251 g/mol. The van der Waals surface area contributed by atoms with E-state index in [1.165, 1.54) is 5.56 Å². The molecule has 0 aliphatic rings. The molecule has 2 N–H and O–H groups in total. The van der Waals surface area contributed by atoms with E-state index in [9.17, 15) is 4.79 Å². The van der Waals surface area contributed by atoms with E-state index in [4.69, 9.17) is 5.73 Å². The lowest BCUT2D eigenvalue weighted by atomic mass is 10.2. The van der Waals surface area contributed by atoms with Gasteiger partial charge in [-0.2, -0.15) is 0 Å². The molecule has 0 radical (unpaired) electrons. The van der Waals surface area contributed by atoms with E-state index in [0.717, 1.165) is 16.7 Å². The normalized spacial score (nSPS) is 10.8. The van der Waals surface area contributed by atoms with Gasteiger partial charge in [0.05, 0.1) is 11.0 Å². The van der Waals surface area contributed by atoms with Crippen LogP contribution in [0.2, 0.25) is 0 Å². The summed E-state index contributed by atoms with van der Waals surface area (Å²) in [5, 5.41) is 0. The molecule has 19 heavy (non-hydrogen) atoms. The van der Waals surface area contributed by atoms with Crippen molar-refractivity contribution in [2.45, 2.75) is 6.92 Å². The van der Waals surface area contributed by atoms with Gasteiger partial charge in [0.15, 0.2) is 0 Å². The number of aryl methyl sites for hydroxylation is 1. The second-order valence-corrected chi connectivity index (χ2v) is 4.52. The summed E-state index contributed by atoms with van der Waals surface area (Å²) in [4.78, 5) is 15.5. The molecule has 1 aromatic heterocycles. The largest absolute Gasteiger partial charge is 0.366 e. The minimum Gasteiger partial charge on any atom is -0.366 e. The Kier molecular flexibility index (Phi) is 2.56. The van der Waals surface area contributed by atoms with Crippen molar-refractivity contribution in [1.29, 1.82) is 0 Å². The van der Waals surface area contributed by atoms with Crippen molar-refractivity contribution in [2.75, 3.05) is 0 Å². The van der Waals surface area contributed by atoms with Crippen LogP contribution in [0, 0.1) is 6.92 Å². The molecule has 0 atom stereocenters. The van der Waals surface area contributed by atoms with Gasteiger partial charge < -0.3 is 5.73 Å². The van der Waals surface area contributed by atoms with Crippen molar-refractivity contribution in [3.05, 3.63) is 59.9 Å². The second-order valence-electron chi connectivity index (χ2n) is 4.52. The molecule has 0 saturated heterocycles. The smallest absolute Gasteiger partial charge is 0.248 e. The average molecular weight is 251 g/mol. The van der Waals surface area contributed by atoms with E-state index in [1.54, 1.807) is 18.5 Å². The lowest BCUT2D eigenvalue weighted by Crippen LogP contribution is -2.10. The molecule has 3 rings (SSSR count). The number of fused-ring (bicyclic) bond motifs is 1. The number of benzene rings is 2. The van der Waals surface area contributed by atoms with Crippen LogP contribution in [0.1, 0.15) is 15.9 Å². The van der Waals surface area contributed by atoms with Crippen molar-refractivity contribution in [3.8, 4) is 5.69 Å². The van der Waals surface area contributed by atoms with Gasteiger partial charge in [0, 0.05) is 11.3 Å². The van der Waals surface area contributed by atoms with E-state index in [0.29, 0.717) is 5.56 Å². The first-order valence-electron chi connectivity index (χ1n) is 5.99. The van der Waals surface area contributed by atoms with Crippen LogP contribution in [0.15, 0.2) is 48.8 Å². The zero-order valence-electron chi connectivity index (χ0n) is 10.5. The fourth-order valence-electron chi connectivity index (χ4n) is 2.08. The number of amides is 1. The summed E-state index contributed by atoms with van der Waals surface area (Å²) in [5.41, 5.74) is 9.71. The molecule has 1 heterocycles. The fraction of sp³-hybridized carbons (Fsp3) is 0.0667. The van der Waals surface area contributed by atoms with Crippen LogP contribution in [0.5, 0.6) is 0 Å². The molecule has 0 unspecified atom stereocenters. The highest BCUT2D eigenvalue weighted by molar-refractivity contribution is 5.96. The molecule has 0 fully saturated rings. The molecular weight excluding hydrogens is 238 g/mol. The number of rotatable bonds is 2. The quantitative estimate of drug-likeness (QED) is 0.760. The highest BCUT2D eigenvalue weighted by Crippen LogP contribution is 2.19. The topological polar surface area (TPSA) is 60.9 Å². The predicted octanol–water partition coefficient (Wildman–Crippen LogP) is 2.43. The number of carbonyl (C=O) groups is 1. The van der Waals surface area contributed by atoms with Gasteiger partial charge in [0.1, 0.15) is 6.33 Å². The number of aromatic nitrogens is 2. The van der Waals surface area contributed by atoms with E-state index in [2.05, 4.69) is 24.0 Å². The van der Waals surface area contributed by atoms with Crippen molar-refractivity contribution >= 4 is 16.9 Å². The van der Waals surface area contributed by atoms with Gasteiger partial charge in [-0.3, -0.25) is 9.36 Å². The number of imidazole rings is 1. The maximum absolute atomic E-state index is 11.1. The maximum atomic E-state index is 11.1. The zero-order chi connectivity index (χ0) is 13.4. The zero-order valence-corrected chi connectivity index (χ0v) is 10.5. The Bertz CT molecular complexity index is 757. The summed E-state index contributed by atoms with van der Waals surface area (Å²) in [6, 6.07) is 13.5. The first-order chi connectivity index (χ1) is 9.15. The van der Waals surface area contributed by atoms with Crippen LogP contribution >= 0.6 is 0 Å². The van der Waals surface area contributed by atoms with Crippen LogP contribution in [0.4, 0.5) is 0 Å². The van der Waals surface area contributed by atoms with Gasteiger partial charge in [-0.1, -0.05) is 17.7 Å². The molecule has 1 amide bonds. The Morgan fingerprint density at radius 1 is 1.16 bits per heavy atom. The van der Waals surface area contributed by atoms with Crippen molar-refractivity contribution in [2.24, 2.45) is 5.73 Å². The van der Waals surface area contributed by atoms with E-state index < -0.39 is 5.91 Å². The van der Waals surface area contributed by atoms with Gasteiger partial charge in [-0.05, 0) is 37.3 Å². The van der Waals surface area contributed by atoms with Crippen molar-refractivity contribution in [3.63, 3.8) is 0 Å². The first-order valence-corrected chi connectivity index (χ1v) is 5.99. The Hall–Kier alpha value is -2.62. The molecule has 0 bridgehead atoms. The third kappa shape index (κ3) is 1.97. The fourth-order valence-corrected chi connectivity index (χ4v) is 2.08. The van der Waals surface area contributed by atoms with Gasteiger partial charge >= 0.3 is 0 Å². The minimum absolute atomic E-state index is 0.438. The molecular formula is C15H13N3O. The first kappa shape index (κ1) is 11.5. The second kappa shape index (κ2) is 4.24. The Morgan fingerprint density at radius 2 is 1.89 bits per heavy atom. The van der Waals surface area contributed by atoms with Crippen LogP contribution < -0.4 is 5.73 Å². The molecule has 4 nitrogen and oxygen atoms in total. The lowest BCUT2D eigenvalue weighted by molar-refractivity contribution is 0.100. The van der Waals surface area contributed by atoms with E-state index >= 15 is 0 Å². The summed E-state index contributed by atoms with van der Waals surface area (Å²) >= 11 is 0. The molecule has 4 heteroatoms. The maximum Gasteiger partial charge on any atom is 0.248 e. The van der Waals surface area contributed by atoms with Gasteiger partial charge in [-0.25, -0.2) is 4.98 Å². The average Bonchev–Trinajstić information content (AvgIpc) is 2.82. The summed E-state index contributed by atoms with van der Waals surface area (Å²) in [6.07, 6.45) is 1.75. The van der Waals surface area contributed by atoms with Crippen molar-refractivity contribution < 1.29 is 4.79 Å². The summed E-state index contributed by atoms with van der Waals surface area (Å²) in [7, 11) is 0. The Balaban J connectivity index is 2.15. The standard InChI is InChI=1S/C15H13N3O/c1-10-2-5-12(6-3-10)18-9-17-13-8-11(15(16)19)4-7-14(13)18/h2-9H,1H3,(H2,16,19). The molecule has 0 aliphatic carbocycles. The molecule has 0 aliphatic heterocycles. The summed E-state index contributed by atoms with van der Waals surface area (Å²) in [5.74, 6) is -0.438. The van der Waals surface area contributed by atoms with E-state index in [1.807, 2.05) is 22.8 Å². The summed E-state index contributed by atoms with van der Waals surface area (Å²) < 4.78 is 1.99. The highest BCUT2D eigenvalue weighted by Gasteiger charge is 2.07. The van der Waals surface area contributed by atoms with Gasteiger partial charge in [-0.15, -0.1) is 0 Å². The minimum atomic E-state index is -0.438. The van der Waals surface area contributed by atoms with Crippen molar-refractivity contribution in [1.82, 2.24) is 9.55 Å². The third-order valence-corrected chi connectivity index (χ3v) is 3.14. The number of hydrogen-bond donors (Lipinski definition) is 1. The van der Waals surface area contributed by atoms with Crippen LogP contribution in [0.3, 0.4) is 0 Å². The lowest BCUT2D eigenvalue weighted by Gasteiger charge is -2.04. The number of primary amides is 1. The summed E-state index contributed by atoms with van der Waals surface area (Å²) in [6.45, 7) is 2.05. The molecule has 94 valence electrons. The molecule has 3 aromatic rings. The third-order valence-electron chi connectivity index (χ3n) is 3.14. The number of nitrogens with zero attached hydrogens (tertiary/aromatic N) is 2. The Labute approximate surface area is 110 Å². The van der Waals surface area contributed by atoms with E-state index in [-0.39, 0.29) is 0 Å². The number of carbonyl (C=O) groups excluding carboxylic acids is 1. The molecule has 2 aromatic carbocycles. The van der Waals surface area contributed by atoms with Gasteiger partial charge in [0.25, 0.3) is 0 Å². The number of nitrogens with two attached hydrogens (primary N) is 1.